The minimum atomic E-state index is 0.0199. The SMILES string of the molecule is O=C(C=Cc1cccc2ccccc12)c1ccc(N2CCOCC2)cc1. The van der Waals surface area contributed by atoms with Gasteiger partial charge in [-0.3, -0.25) is 4.79 Å². The topological polar surface area (TPSA) is 29.5 Å². The summed E-state index contributed by atoms with van der Waals surface area (Å²) in [7, 11) is 0. The van der Waals surface area contributed by atoms with Crippen molar-refractivity contribution in [2.24, 2.45) is 0 Å². The van der Waals surface area contributed by atoms with Gasteiger partial charge in [0.2, 0.25) is 0 Å². The molecule has 0 spiro atoms. The summed E-state index contributed by atoms with van der Waals surface area (Å²) in [5.74, 6) is 0.0199. The molecule has 0 aliphatic carbocycles. The third-order valence-corrected chi connectivity index (χ3v) is 4.77. The van der Waals surface area contributed by atoms with Crippen molar-refractivity contribution in [1.29, 1.82) is 0 Å². The molecule has 0 atom stereocenters. The molecule has 3 nitrogen and oxygen atoms in total. The molecule has 0 bridgehead atoms. The van der Waals surface area contributed by atoms with E-state index < -0.39 is 0 Å². The molecular weight excluding hydrogens is 322 g/mol. The van der Waals surface area contributed by atoms with Crippen molar-refractivity contribution in [2.75, 3.05) is 31.2 Å². The summed E-state index contributed by atoms with van der Waals surface area (Å²) in [6, 6.07) is 22.2. The molecule has 4 rings (SSSR count). The number of hydrogen-bond acceptors (Lipinski definition) is 3. The Morgan fingerprint density at radius 2 is 1.62 bits per heavy atom. The van der Waals surface area contributed by atoms with Crippen LogP contribution in [0, 0.1) is 0 Å². The van der Waals surface area contributed by atoms with Gasteiger partial charge in [0.15, 0.2) is 5.78 Å². The van der Waals surface area contributed by atoms with Gasteiger partial charge in [0.1, 0.15) is 0 Å². The number of benzene rings is 3. The number of rotatable bonds is 4. The van der Waals surface area contributed by atoms with E-state index in [0.717, 1.165) is 42.9 Å². The average Bonchev–Trinajstić information content (AvgIpc) is 2.73. The van der Waals surface area contributed by atoms with Gasteiger partial charge >= 0.3 is 0 Å². The molecule has 1 aliphatic rings. The highest BCUT2D eigenvalue weighted by Crippen LogP contribution is 2.21. The molecule has 3 aromatic rings. The lowest BCUT2D eigenvalue weighted by Gasteiger charge is -2.28. The maximum atomic E-state index is 12.5. The van der Waals surface area contributed by atoms with Crippen LogP contribution in [0.25, 0.3) is 16.8 Å². The Morgan fingerprint density at radius 3 is 2.42 bits per heavy atom. The van der Waals surface area contributed by atoms with Crippen molar-refractivity contribution >= 4 is 28.3 Å². The highest BCUT2D eigenvalue weighted by Gasteiger charge is 2.11. The fourth-order valence-electron chi connectivity index (χ4n) is 3.32. The number of morpholine rings is 1. The number of fused-ring (bicyclic) bond motifs is 1. The monoisotopic (exact) mass is 343 g/mol. The first-order chi connectivity index (χ1) is 12.8. The third-order valence-electron chi connectivity index (χ3n) is 4.77. The lowest BCUT2D eigenvalue weighted by molar-refractivity contribution is 0.104. The first kappa shape index (κ1) is 16.6. The maximum Gasteiger partial charge on any atom is 0.185 e. The van der Waals surface area contributed by atoms with E-state index in [1.807, 2.05) is 54.6 Å². The summed E-state index contributed by atoms with van der Waals surface area (Å²) < 4.78 is 5.38. The molecule has 3 heteroatoms. The van der Waals surface area contributed by atoms with Gasteiger partial charge in [-0.05, 0) is 46.7 Å². The van der Waals surface area contributed by atoms with Crippen molar-refractivity contribution in [1.82, 2.24) is 0 Å². The van der Waals surface area contributed by atoms with Crippen LogP contribution in [0.15, 0.2) is 72.8 Å². The van der Waals surface area contributed by atoms with Gasteiger partial charge in [0, 0.05) is 24.3 Å². The third kappa shape index (κ3) is 3.53. The van der Waals surface area contributed by atoms with Gasteiger partial charge in [-0.1, -0.05) is 48.5 Å². The first-order valence-electron chi connectivity index (χ1n) is 8.94. The molecule has 0 unspecified atom stereocenters. The molecular formula is C23H21NO2. The van der Waals surface area contributed by atoms with E-state index in [1.54, 1.807) is 6.08 Å². The van der Waals surface area contributed by atoms with Crippen molar-refractivity contribution in [3.63, 3.8) is 0 Å². The van der Waals surface area contributed by atoms with Crippen LogP contribution >= 0.6 is 0 Å². The first-order valence-corrected chi connectivity index (χ1v) is 8.94. The molecule has 1 heterocycles. The number of anilines is 1. The molecule has 3 aromatic carbocycles. The van der Waals surface area contributed by atoms with Gasteiger partial charge in [-0.2, -0.15) is 0 Å². The zero-order chi connectivity index (χ0) is 17.8. The highest BCUT2D eigenvalue weighted by molar-refractivity contribution is 6.08. The molecule has 0 saturated carbocycles. The van der Waals surface area contributed by atoms with Gasteiger partial charge in [0.05, 0.1) is 13.2 Å². The molecule has 26 heavy (non-hydrogen) atoms. The number of nitrogens with zero attached hydrogens (tertiary/aromatic N) is 1. The Bertz CT molecular complexity index is 933. The van der Waals surface area contributed by atoms with E-state index in [-0.39, 0.29) is 5.78 Å². The van der Waals surface area contributed by atoms with Crippen LogP contribution < -0.4 is 4.90 Å². The summed E-state index contributed by atoms with van der Waals surface area (Å²) in [5.41, 5.74) is 2.91. The van der Waals surface area contributed by atoms with Crippen LogP contribution in [0.5, 0.6) is 0 Å². The Kier molecular flexibility index (Phi) is 4.80. The normalized spacial score (nSPS) is 14.8. The fourth-order valence-corrected chi connectivity index (χ4v) is 3.32. The molecule has 0 N–H and O–H groups in total. The minimum absolute atomic E-state index is 0.0199. The number of allylic oxidation sites excluding steroid dienone is 1. The second-order valence-corrected chi connectivity index (χ2v) is 6.41. The summed E-state index contributed by atoms with van der Waals surface area (Å²) in [6.07, 6.45) is 3.56. The Hall–Kier alpha value is -2.91. The van der Waals surface area contributed by atoms with Crippen LogP contribution in [0.4, 0.5) is 5.69 Å². The van der Waals surface area contributed by atoms with Crippen molar-refractivity contribution in [2.45, 2.75) is 0 Å². The summed E-state index contributed by atoms with van der Waals surface area (Å²) in [4.78, 5) is 14.8. The summed E-state index contributed by atoms with van der Waals surface area (Å²) in [5, 5.41) is 2.33. The summed E-state index contributed by atoms with van der Waals surface area (Å²) in [6.45, 7) is 3.31. The van der Waals surface area contributed by atoms with E-state index in [4.69, 9.17) is 4.74 Å². The van der Waals surface area contributed by atoms with Crippen molar-refractivity contribution < 1.29 is 9.53 Å². The smallest absolute Gasteiger partial charge is 0.185 e. The molecule has 130 valence electrons. The average molecular weight is 343 g/mol. The van der Waals surface area contributed by atoms with E-state index in [2.05, 4.69) is 23.1 Å². The lowest BCUT2D eigenvalue weighted by atomic mass is 10.0. The van der Waals surface area contributed by atoms with Gasteiger partial charge in [0.25, 0.3) is 0 Å². The van der Waals surface area contributed by atoms with Crippen molar-refractivity contribution in [3.05, 3.63) is 83.9 Å². The van der Waals surface area contributed by atoms with Gasteiger partial charge in [-0.25, -0.2) is 0 Å². The molecule has 0 radical (unpaired) electrons. The number of ketones is 1. The highest BCUT2D eigenvalue weighted by atomic mass is 16.5. The largest absolute Gasteiger partial charge is 0.378 e. The maximum absolute atomic E-state index is 12.5. The minimum Gasteiger partial charge on any atom is -0.378 e. The van der Waals surface area contributed by atoms with E-state index in [0.29, 0.717) is 5.56 Å². The lowest BCUT2D eigenvalue weighted by Crippen LogP contribution is -2.36. The second-order valence-electron chi connectivity index (χ2n) is 6.41. The van der Waals surface area contributed by atoms with Crippen LogP contribution in [-0.2, 0) is 4.74 Å². The van der Waals surface area contributed by atoms with E-state index >= 15 is 0 Å². The predicted octanol–water partition coefficient (Wildman–Crippen LogP) is 4.57. The Morgan fingerprint density at radius 1 is 0.885 bits per heavy atom. The fraction of sp³-hybridized carbons (Fsp3) is 0.174. The number of ether oxygens (including phenoxy) is 1. The second kappa shape index (κ2) is 7.54. The number of hydrogen-bond donors (Lipinski definition) is 0. The van der Waals surface area contributed by atoms with E-state index in [9.17, 15) is 4.79 Å². The number of carbonyl (C=O) groups excluding carboxylic acids is 1. The number of carbonyl (C=O) groups is 1. The molecule has 1 saturated heterocycles. The van der Waals surface area contributed by atoms with E-state index in [1.165, 1.54) is 5.39 Å². The molecule has 1 fully saturated rings. The quantitative estimate of drug-likeness (QED) is 0.513. The van der Waals surface area contributed by atoms with Crippen LogP contribution in [0.1, 0.15) is 15.9 Å². The van der Waals surface area contributed by atoms with Gasteiger partial charge < -0.3 is 9.64 Å². The Labute approximate surface area is 153 Å². The predicted molar refractivity (Wildman–Crippen MR) is 107 cm³/mol. The van der Waals surface area contributed by atoms with Crippen LogP contribution in [0.3, 0.4) is 0 Å². The zero-order valence-electron chi connectivity index (χ0n) is 14.6. The molecule has 0 aromatic heterocycles. The van der Waals surface area contributed by atoms with Gasteiger partial charge in [-0.15, -0.1) is 0 Å². The molecule has 0 amide bonds. The summed E-state index contributed by atoms with van der Waals surface area (Å²) >= 11 is 0. The van der Waals surface area contributed by atoms with Crippen molar-refractivity contribution in [3.8, 4) is 0 Å². The molecule has 1 aliphatic heterocycles. The van der Waals surface area contributed by atoms with Crippen LogP contribution in [-0.4, -0.2) is 32.1 Å². The standard InChI is InChI=1S/C23H21NO2/c25-23(13-10-19-6-3-5-18-4-1-2-7-22(18)19)20-8-11-21(12-9-20)24-14-16-26-17-15-24/h1-13H,14-17H2. The van der Waals surface area contributed by atoms with Crippen LogP contribution in [0.2, 0.25) is 0 Å². The Balaban J connectivity index is 1.51. The zero-order valence-corrected chi connectivity index (χ0v) is 14.6.